The summed E-state index contributed by atoms with van der Waals surface area (Å²) >= 11 is 6.10. The van der Waals surface area contributed by atoms with Crippen LogP contribution in [-0.4, -0.2) is 17.7 Å². The zero-order valence-electron chi connectivity index (χ0n) is 8.83. The molecule has 0 saturated heterocycles. The van der Waals surface area contributed by atoms with E-state index in [-0.39, 0.29) is 0 Å². The van der Waals surface area contributed by atoms with E-state index in [0.29, 0.717) is 0 Å². The van der Waals surface area contributed by atoms with Crippen LogP contribution in [0.3, 0.4) is 0 Å². The summed E-state index contributed by atoms with van der Waals surface area (Å²) in [5, 5.41) is 5.28. The molecule has 0 aliphatic heterocycles. The SMILES string of the molecule is CCNCCn1ccc2c(Cl)cccc21. The molecule has 0 aliphatic carbocycles. The maximum atomic E-state index is 6.10. The number of rotatable bonds is 4. The molecule has 80 valence electrons. The first-order valence-electron chi connectivity index (χ1n) is 5.27. The molecule has 1 aromatic heterocycles. The number of hydrogen-bond donors (Lipinski definition) is 1. The van der Waals surface area contributed by atoms with E-state index in [9.17, 15) is 0 Å². The lowest BCUT2D eigenvalue weighted by atomic mass is 10.2. The number of hydrogen-bond acceptors (Lipinski definition) is 1. The minimum absolute atomic E-state index is 0.828. The first kappa shape index (κ1) is 10.5. The lowest BCUT2D eigenvalue weighted by molar-refractivity contribution is 0.627. The van der Waals surface area contributed by atoms with Crippen molar-refractivity contribution in [2.24, 2.45) is 0 Å². The Morgan fingerprint density at radius 1 is 1.33 bits per heavy atom. The lowest BCUT2D eigenvalue weighted by Crippen LogP contribution is -2.18. The fourth-order valence-electron chi connectivity index (χ4n) is 1.76. The zero-order chi connectivity index (χ0) is 10.7. The third kappa shape index (κ3) is 2.16. The molecule has 1 heterocycles. The van der Waals surface area contributed by atoms with Crippen molar-refractivity contribution in [1.82, 2.24) is 9.88 Å². The van der Waals surface area contributed by atoms with Gasteiger partial charge in [-0.3, -0.25) is 0 Å². The minimum Gasteiger partial charge on any atom is -0.346 e. The predicted molar refractivity (Wildman–Crippen MR) is 65.5 cm³/mol. The van der Waals surface area contributed by atoms with Gasteiger partial charge in [0.25, 0.3) is 0 Å². The molecule has 1 aromatic carbocycles. The van der Waals surface area contributed by atoms with Crippen LogP contribution in [0, 0.1) is 0 Å². The van der Waals surface area contributed by atoms with Crippen LogP contribution in [0.2, 0.25) is 5.02 Å². The number of nitrogens with zero attached hydrogens (tertiary/aromatic N) is 1. The molecule has 0 aliphatic rings. The van der Waals surface area contributed by atoms with Gasteiger partial charge in [0.15, 0.2) is 0 Å². The van der Waals surface area contributed by atoms with E-state index in [1.54, 1.807) is 0 Å². The molecular formula is C12H15ClN2. The Morgan fingerprint density at radius 3 is 3.00 bits per heavy atom. The summed E-state index contributed by atoms with van der Waals surface area (Å²) in [5.41, 5.74) is 1.21. The van der Waals surface area contributed by atoms with Crippen molar-refractivity contribution in [2.45, 2.75) is 13.5 Å². The fourth-order valence-corrected chi connectivity index (χ4v) is 1.99. The highest BCUT2D eigenvalue weighted by molar-refractivity contribution is 6.35. The Labute approximate surface area is 94.8 Å². The van der Waals surface area contributed by atoms with Gasteiger partial charge in [0, 0.05) is 35.2 Å². The second-order valence-corrected chi connectivity index (χ2v) is 3.94. The van der Waals surface area contributed by atoms with Crippen molar-refractivity contribution >= 4 is 22.5 Å². The van der Waals surface area contributed by atoms with Crippen LogP contribution in [-0.2, 0) is 6.54 Å². The van der Waals surface area contributed by atoms with Gasteiger partial charge in [0.05, 0.1) is 0 Å². The number of fused-ring (bicyclic) bond motifs is 1. The molecule has 0 unspecified atom stereocenters. The zero-order valence-corrected chi connectivity index (χ0v) is 9.59. The smallest absolute Gasteiger partial charge is 0.0499 e. The number of benzene rings is 1. The standard InChI is InChI=1S/C12H15ClN2/c1-2-14-7-9-15-8-6-10-11(13)4-3-5-12(10)15/h3-6,8,14H,2,7,9H2,1H3. The van der Waals surface area contributed by atoms with Gasteiger partial charge in [-0.15, -0.1) is 0 Å². The highest BCUT2D eigenvalue weighted by atomic mass is 35.5. The monoisotopic (exact) mass is 222 g/mol. The Morgan fingerprint density at radius 2 is 2.20 bits per heavy atom. The normalized spacial score (nSPS) is 11.1. The fraction of sp³-hybridized carbons (Fsp3) is 0.333. The van der Waals surface area contributed by atoms with Gasteiger partial charge in [-0.1, -0.05) is 24.6 Å². The van der Waals surface area contributed by atoms with Gasteiger partial charge in [-0.2, -0.15) is 0 Å². The minimum atomic E-state index is 0.828. The topological polar surface area (TPSA) is 17.0 Å². The Balaban J connectivity index is 2.25. The third-order valence-corrected chi connectivity index (χ3v) is 2.87. The summed E-state index contributed by atoms with van der Waals surface area (Å²) in [6.45, 7) is 5.11. The van der Waals surface area contributed by atoms with Gasteiger partial charge in [0.2, 0.25) is 0 Å². The Hall–Kier alpha value is -0.990. The van der Waals surface area contributed by atoms with E-state index in [4.69, 9.17) is 11.6 Å². The van der Waals surface area contributed by atoms with Gasteiger partial charge < -0.3 is 9.88 Å². The van der Waals surface area contributed by atoms with Crippen LogP contribution in [0.5, 0.6) is 0 Å². The van der Waals surface area contributed by atoms with Crippen molar-refractivity contribution < 1.29 is 0 Å². The summed E-state index contributed by atoms with van der Waals surface area (Å²) in [4.78, 5) is 0. The van der Waals surface area contributed by atoms with Crippen LogP contribution in [0.25, 0.3) is 10.9 Å². The maximum Gasteiger partial charge on any atom is 0.0499 e. The van der Waals surface area contributed by atoms with E-state index in [0.717, 1.165) is 30.0 Å². The number of likely N-dealkylation sites (N-methyl/N-ethyl adjacent to an activating group) is 1. The number of nitrogens with one attached hydrogen (secondary N) is 1. The molecule has 1 N–H and O–H groups in total. The van der Waals surface area contributed by atoms with Crippen LogP contribution in [0.15, 0.2) is 30.5 Å². The third-order valence-electron chi connectivity index (χ3n) is 2.54. The van der Waals surface area contributed by atoms with Crippen molar-refractivity contribution in [3.05, 3.63) is 35.5 Å². The van der Waals surface area contributed by atoms with Crippen molar-refractivity contribution in [3.63, 3.8) is 0 Å². The summed E-state index contributed by atoms with van der Waals surface area (Å²) in [6, 6.07) is 8.10. The van der Waals surface area contributed by atoms with E-state index >= 15 is 0 Å². The van der Waals surface area contributed by atoms with Gasteiger partial charge in [-0.05, 0) is 24.7 Å². The maximum absolute atomic E-state index is 6.10. The van der Waals surface area contributed by atoms with Crippen molar-refractivity contribution in [1.29, 1.82) is 0 Å². The van der Waals surface area contributed by atoms with Crippen LogP contribution in [0.4, 0.5) is 0 Å². The Bertz CT molecular complexity index is 448. The molecule has 3 heteroatoms. The second kappa shape index (κ2) is 4.69. The molecule has 0 bridgehead atoms. The molecule has 0 fully saturated rings. The largest absolute Gasteiger partial charge is 0.346 e. The molecule has 0 spiro atoms. The van der Waals surface area contributed by atoms with Crippen molar-refractivity contribution in [3.8, 4) is 0 Å². The summed E-state index contributed by atoms with van der Waals surface area (Å²) in [5.74, 6) is 0. The van der Waals surface area contributed by atoms with Gasteiger partial charge in [0.1, 0.15) is 0 Å². The van der Waals surface area contributed by atoms with E-state index < -0.39 is 0 Å². The molecule has 2 aromatic rings. The summed E-state index contributed by atoms with van der Waals surface area (Å²) in [7, 11) is 0. The Kier molecular flexibility index (Phi) is 3.29. The molecule has 0 radical (unpaired) electrons. The molecule has 2 nitrogen and oxygen atoms in total. The van der Waals surface area contributed by atoms with Crippen LogP contribution >= 0.6 is 11.6 Å². The van der Waals surface area contributed by atoms with Gasteiger partial charge >= 0.3 is 0 Å². The quantitative estimate of drug-likeness (QED) is 0.788. The number of halogens is 1. The second-order valence-electron chi connectivity index (χ2n) is 3.54. The van der Waals surface area contributed by atoms with Gasteiger partial charge in [-0.25, -0.2) is 0 Å². The molecule has 0 amide bonds. The molecule has 15 heavy (non-hydrogen) atoms. The molecular weight excluding hydrogens is 208 g/mol. The highest BCUT2D eigenvalue weighted by Crippen LogP contribution is 2.23. The van der Waals surface area contributed by atoms with Crippen molar-refractivity contribution in [2.75, 3.05) is 13.1 Å². The van der Waals surface area contributed by atoms with E-state index in [1.807, 2.05) is 12.1 Å². The van der Waals surface area contributed by atoms with E-state index in [1.165, 1.54) is 5.52 Å². The summed E-state index contributed by atoms with van der Waals surface area (Å²) < 4.78 is 2.23. The lowest BCUT2D eigenvalue weighted by Gasteiger charge is -2.05. The average Bonchev–Trinajstić information content (AvgIpc) is 2.64. The number of aromatic nitrogens is 1. The average molecular weight is 223 g/mol. The molecule has 0 atom stereocenters. The van der Waals surface area contributed by atoms with E-state index in [2.05, 4.69) is 35.1 Å². The predicted octanol–water partition coefficient (Wildman–Crippen LogP) is 2.90. The van der Waals surface area contributed by atoms with Crippen LogP contribution < -0.4 is 5.32 Å². The molecule has 0 saturated carbocycles. The summed E-state index contributed by atoms with van der Waals surface area (Å²) in [6.07, 6.45) is 2.09. The first-order valence-corrected chi connectivity index (χ1v) is 5.65. The first-order chi connectivity index (χ1) is 7.33. The van der Waals surface area contributed by atoms with Crippen LogP contribution in [0.1, 0.15) is 6.92 Å². The highest BCUT2D eigenvalue weighted by Gasteiger charge is 2.02. The molecule has 2 rings (SSSR count).